The number of nitrogens with one attached hydrogen (secondary N) is 1. The summed E-state index contributed by atoms with van der Waals surface area (Å²) in [5, 5.41) is 12.5. The highest BCUT2D eigenvalue weighted by atomic mass is 16.7. The highest BCUT2D eigenvalue weighted by Gasteiger charge is 2.38. The fourth-order valence-corrected chi connectivity index (χ4v) is 5.67. The van der Waals surface area contributed by atoms with Crippen LogP contribution in [-0.4, -0.2) is 26.7 Å². The number of benzene rings is 4. The molecule has 0 radical (unpaired) electrons. The fourth-order valence-electron chi connectivity index (χ4n) is 5.67. The molecule has 0 aliphatic carbocycles. The van der Waals surface area contributed by atoms with Crippen LogP contribution in [0.1, 0.15) is 48.5 Å². The summed E-state index contributed by atoms with van der Waals surface area (Å²) >= 11 is 0. The van der Waals surface area contributed by atoms with Crippen molar-refractivity contribution in [3.05, 3.63) is 126 Å². The zero-order valence-electron chi connectivity index (χ0n) is 23.8. The van der Waals surface area contributed by atoms with E-state index in [4.69, 9.17) is 9.47 Å². The number of para-hydroxylation sites is 2. The van der Waals surface area contributed by atoms with Gasteiger partial charge in [0, 0.05) is 24.9 Å². The van der Waals surface area contributed by atoms with Gasteiger partial charge in [-0.1, -0.05) is 91.9 Å². The van der Waals surface area contributed by atoms with E-state index >= 15 is 0 Å². The molecule has 4 atom stereocenters. The first-order valence-corrected chi connectivity index (χ1v) is 14.3. The van der Waals surface area contributed by atoms with Gasteiger partial charge >= 0.3 is 0 Å². The lowest BCUT2D eigenvalue weighted by molar-refractivity contribution is -0.276. The number of rotatable bonds is 8. The molecular weight excluding hydrogens is 526 g/mol. The normalized spacial score (nSPS) is 20.5. The lowest BCUT2D eigenvalue weighted by Crippen LogP contribution is -2.39. The predicted octanol–water partition coefficient (Wildman–Crippen LogP) is 6.32. The zero-order chi connectivity index (χ0) is 29.1. The first-order chi connectivity index (χ1) is 20.5. The van der Waals surface area contributed by atoms with Gasteiger partial charge in [0.1, 0.15) is 0 Å². The molecule has 2 heterocycles. The summed E-state index contributed by atoms with van der Waals surface area (Å²) < 4.78 is 15.5. The monoisotopic (exact) mass is 561 g/mol. The second-order valence-corrected chi connectivity index (χ2v) is 10.9. The maximum Gasteiger partial charge on any atom is 0.217 e. The van der Waals surface area contributed by atoms with Crippen molar-refractivity contribution in [2.45, 2.75) is 52.0 Å². The van der Waals surface area contributed by atoms with E-state index in [1.165, 1.54) is 6.92 Å². The van der Waals surface area contributed by atoms with Crippen LogP contribution in [0.3, 0.4) is 0 Å². The second-order valence-electron chi connectivity index (χ2n) is 10.9. The van der Waals surface area contributed by atoms with Gasteiger partial charge < -0.3 is 24.5 Å². The number of aromatic nitrogens is 2. The molecule has 1 saturated heterocycles. The number of amides is 1. The molecule has 0 bridgehead atoms. The Hall–Kier alpha value is -4.30. The number of carbonyl (C=O) groups is 1. The van der Waals surface area contributed by atoms with Crippen LogP contribution in [0.15, 0.2) is 103 Å². The van der Waals surface area contributed by atoms with E-state index in [-0.39, 0.29) is 30.6 Å². The third-order valence-electron chi connectivity index (χ3n) is 8.07. The molecular formula is C35H35N3O4. The van der Waals surface area contributed by atoms with Crippen molar-refractivity contribution < 1.29 is 19.4 Å². The van der Waals surface area contributed by atoms with E-state index < -0.39 is 6.29 Å². The van der Waals surface area contributed by atoms with Crippen LogP contribution in [0.4, 0.5) is 0 Å². The summed E-state index contributed by atoms with van der Waals surface area (Å²) in [7, 11) is 0. The summed E-state index contributed by atoms with van der Waals surface area (Å²) in [6, 6.07) is 32.4. The molecule has 0 spiro atoms. The van der Waals surface area contributed by atoms with Gasteiger partial charge in [-0.3, -0.25) is 4.79 Å². The Morgan fingerprint density at radius 2 is 1.62 bits per heavy atom. The summed E-state index contributed by atoms with van der Waals surface area (Å²) in [5.74, 6) is 0.00194. The van der Waals surface area contributed by atoms with E-state index in [1.807, 2.05) is 67.0 Å². The highest BCUT2D eigenvalue weighted by Crippen LogP contribution is 2.42. The van der Waals surface area contributed by atoms with E-state index in [2.05, 4.69) is 58.2 Å². The summed E-state index contributed by atoms with van der Waals surface area (Å²) in [6.45, 7) is 4.81. The maximum atomic E-state index is 11.5. The van der Waals surface area contributed by atoms with Gasteiger partial charge in [-0.05, 0) is 39.9 Å². The molecule has 42 heavy (non-hydrogen) atoms. The number of hydrogen-bond donors (Lipinski definition) is 2. The second kappa shape index (κ2) is 12.3. The minimum Gasteiger partial charge on any atom is -0.392 e. The number of hydrogen-bond acceptors (Lipinski definition) is 5. The molecule has 1 aromatic heterocycles. The molecule has 7 nitrogen and oxygen atoms in total. The minimum absolute atomic E-state index is 0.00368. The third-order valence-corrected chi connectivity index (χ3v) is 8.07. The largest absolute Gasteiger partial charge is 0.392 e. The standard InChI is InChI=1S/C35H35N3O4/c1-23-33(20-38-22-37-31-9-5-6-10-32(31)38)41-35(42-34(23)27-13-11-25(21-39)12-14-27)28-17-15-26(16-18-28)30-8-4-3-7-29(30)19-36-24(2)40/h3-18,22-23,33-35,39H,19-21H2,1-2H3,(H,36,40). The molecule has 214 valence electrons. The summed E-state index contributed by atoms with van der Waals surface area (Å²) in [4.78, 5) is 16.1. The zero-order valence-corrected chi connectivity index (χ0v) is 23.8. The maximum absolute atomic E-state index is 11.5. The number of fused-ring (bicyclic) bond motifs is 1. The minimum atomic E-state index is -0.563. The summed E-state index contributed by atoms with van der Waals surface area (Å²) in [5.41, 5.74) is 8.07. The van der Waals surface area contributed by atoms with E-state index in [0.29, 0.717) is 13.1 Å². The van der Waals surface area contributed by atoms with E-state index in [0.717, 1.165) is 44.4 Å². The number of nitrogens with zero attached hydrogens (tertiary/aromatic N) is 2. The molecule has 7 heteroatoms. The Morgan fingerprint density at radius 1 is 0.905 bits per heavy atom. The molecule has 2 N–H and O–H groups in total. The molecule has 1 aliphatic rings. The van der Waals surface area contributed by atoms with Crippen LogP contribution in [0.2, 0.25) is 0 Å². The number of imidazole rings is 1. The molecule has 0 saturated carbocycles. The number of carbonyl (C=O) groups excluding carboxylic acids is 1. The number of ether oxygens (including phenoxy) is 2. The van der Waals surface area contributed by atoms with Gasteiger partial charge in [0.15, 0.2) is 6.29 Å². The molecule has 4 unspecified atom stereocenters. The first-order valence-electron chi connectivity index (χ1n) is 14.3. The van der Waals surface area contributed by atoms with Crippen molar-refractivity contribution in [3.8, 4) is 11.1 Å². The lowest BCUT2D eigenvalue weighted by atomic mass is 9.90. The smallest absolute Gasteiger partial charge is 0.217 e. The van der Waals surface area contributed by atoms with Crippen LogP contribution in [-0.2, 0) is 34.0 Å². The average Bonchev–Trinajstić information content (AvgIpc) is 3.44. The Kier molecular flexibility index (Phi) is 8.15. The fraction of sp³-hybridized carbons (Fsp3) is 0.257. The van der Waals surface area contributed by atoms with Gasteiger partial charge in [-0.25, -0.2) is 4.98 Å². The van der Waals surface area contributed by atoms with Crippen molar-refractivity contribution in [1.29, 1.82) is 0 Å². The Bertz CT molecular complexity index is 1660. The van der Waals surface area contributed by atoms with Crippen LogP contribution >= 0.6 is 0 Å². The third kappa shape index (κ3) is 5.85. The van der Waals surface area contributed by atoms with Crippen LogP contribution in [0.5, 0.6) is 0 Å². The molecule has 1 fully saturated rings. The number of aliphatic hydroxyl groups is 1. The lowest BCUT2D eigenvalue weighted by Gasteiger charge is -2.41. The van der Waals surface area contributed by atoms with Crippen molar-refractivity contribution in [2.75, 3.05) is 0 Å². The topological polar surface area (TPSA) is 85.6 Å². The molecule has 1 aliphatic heterocycles. The van der Waals surface area contributed by atoms with Crippen LogP contribution in [0, 0.1) is 5.92 Å². The molecule has 6 rings (SSSR count). The Labute approximate surface area is 245 Å². The van der Waals surface area contributed by atoms with Crippen LogP contribution in [0.25, 0.3) is 22.2 Å². The first kappa shape index (κ1) is 27.8. The summed E-state index contributed by atoms with van der Waals surface area (Å²) in [6.07, 6.45) is 0.979. The van der Waals surface area contributed by atoms with Gasteiger partial charge in [-0.2, -0.15) is 0 Å². The van der Waals surface area contributed by atoms with E-state index in [9.17, 15) is 9.90 Å². The van der Waals surface area contributed by atoms with Crippen molar-refractivity contribution in [2.24, 2.45) is 5.92 Å². The van der Waals surface area contributed by atoms with Gasteiger partial charge in [0.05, 0.1) is 42.7 Å². The van der Waals surface area contributed by atoms with Crippen molar-refractivity contribution >= 4 is 16.9 Å². The predicted molar refractivity (Wildman–Crippen MR) is 162 cm³/mol. The van der Waals surface area contributed by atoms with E-state index in [1.54, 1.807) is 0 Å². The molecule has 1 amide bonds. The van der Waals surface area contributed by atoms with Gasteiger partial charge in [-0.15, -0.1) is 0 Å². The number of aliphatic hydroxyl groups excluding tert-OH is 1. The SMILES string of the molecule is CC(=O)NCc1ccccc1-c1ccc(C2OC(Cn3cnc4ccccc43)C(C)C(c3ccc(CO)cc3)O2)cc1. The quantitative estimate of drug-likeness (QED) is 0.232. The van der Waals surface area contributed by atoms with Crippen molar-refractivity contribution in [1.82, 2.24) is 14.9 Å². The van der Waals surface area contributed by atoms with Gasteiger partial charge in [0.2, 0.25) is 5.91 Å². The Balaban J connectivity index is 1.29. The van der Waals surface area contributed by atoms with Gasteiger partial charge in [0.25, 0.3) is 0 Å². The molecule has 4 aromatic carbocycles. The average molecular weight is 562 g/mol. The van der Waals surface area contributed by atoms with Crippen molar-refractivity contribution in [3.63, 3.8) is 0 Å². The molecule has 5 aromatic rings. The Morgan fingerprint density at radius 3 is 2.38 bits per heavy atom. The van der Waals surface area contributed by atoms with Crippen LogP contribution < -0.4 is 5.32 Å². The highest BCUT2D eigenvalue weighted by molar-refractivity contribution is 5.75.